The minimum absolute atomic E-state index is 0.00327. The maximum Gasteiger partial charge on any atom is 0.328 e. The van der Waals surface area contributed by atoms with Crippen LogP contribution in [0.3, 0.4) is 0 Å². The first-order valence-corrected chi connectivity index (χ1v) is 6.76. The lowest BCUT2D eigenvalue weighted by atomic mass is 10.0. The third-order valence-electron chi connectivity index (χ3n) is 2.80. The van der Waals surface area contributed by atoms with Crippen molar-refractivity contribution in [3.8, 4) is 0 Å². The molecule has 1 aromatic rings. The molecule has 0 atom stereocenters. The third-order valence-corrected chi connectivity index (χ3v) is 2.80. The molecule has 0 bridgehead atoms. The van der Waals surface area contributed by atoms with Gasteiger partial charge in [-0.1, -0.05) is 26.8 Å². The number of carbonyl (C=O) groups excluding carboxylic acids is 1. The highest BCUT2D eigenvalue weighted by atomic mass is 16.4. The summed E-state index contributed by atoms with van der Waals surface area (Å²) in [6.07, 6.45) is 3.91. The molecule has 2 N–H and O–H groups in total. The Kier molecular flexibility index (Phi) is 5.97. The average Bonchev–Trinajstić information content (AvgIpc) is 2.36. The topological polar surface area (TPSA) is 66.4 Å². The van der Waals surface area contributed by atoms with Crippen molar-refractivity contribution < 1.29 is 14.7 Å². The normalized spacial score (nSPS) is 11.0. The summed E-state index contributed by atoms with van der Waals surface area (Å²) in [6, 6.07) is 5.51. The Hall–Kier alpha value is -2.10. The van der Waals surface area contributed by atoms with E-state index in [4.69, 9.17) is 5.11 Å². The van der Waals surface area contributed by atoms with Gasteiger partial charge in [-0.3, -0.25) is 4.79 Å². The fourth-order valence-corrected chi connectivity index (χ4v) is 1.87. The van der Waals surface area contributed by atoms with Gasteiger partial charge in [0.05, 0.1) is 0 Å². The number of hydrogen-bond acceptors (Lipinski definition) is 2. The van der Waals surface area contributed by atoms with E-state index in [1.807, 2.05) is 32.9 Å². The summed E-state index contributed by atoms with van der Waals surface area (Å²) in [7, 11) is 0. The number of carboxylic acids is 1. The number of carbonyl (C=O) groups is 2. The Labute approximate surface area is 119 Å². The van der Waals surface area contributed by atoms with Crippen LogP contribution in [0, 0.1) is 5.92 Å². The zero-order valence-corrected chi connectivity index (χ0v) is 12.1. The van der Waals surface area contributed by atoms with Gasteiger partial charge in [0.2, 0.25) is 5.91 Å². The molecule has 0 heterocycles. The van der Waals surface area contributed by atoms with E-state index in [1.165, 1.54) is 0 Å². The Bertz CT molecular complexity index is 518. The van der Waals surface area contributed by atoms with Crippen molar-refractivity contribution in [3.63, 3.8) is 0 Å². The quantitative estimate of drug-likeness (QED) is 0.782. The molecule has 0 saturated carbocycles. The van der Waals surface area contributed by atoms with Gasteiger partial charge in [0.15, 0.2) is 0 Å². The summed E-state index contributed by atoms with van der Waals surface area (Å²) in [5.41, 5.74) is 2.60. The number of hydrogen-bond donors (Lipinski definition) is 2. The Morgan fingerprint density at radius 1 is 1.35 bits per heavy atom. The fourth-order valence-electron chi connectivity index (χ4n) is 1.87. The van der Waals surface area contributed by atoms with Gasteiger partial charge in [0.25, 0.3) is 0 Å². The molecule has 0 aliphatic heterocycles. The molecular formula is C16H21NO3. The van der Waals surface area contributed by atoms with E-state index >= 15 is 0 Å². The van der Waals surface area contributed by atoms with Crippen molar-refractivity contribution in [2.45, 2.75) is 33.6 Å². The smallest absolute Gasteiger partial charge is 0.328 e. The first-order chi connectivity index (χ1) is 9.42. The van der Waals surface area contributed by atoms with Crippen LogP contribution < -0.4 is 5.32 Å². The van der Waals surface area contributed by atoms with Crippen LogP contribution in [0.2, 0.25) is 0 Å². The highest BCUT2D eigenvalue weighted by Crippen LogP contribution is 2.20. The molecule has 0 unspecified atom stereocenters. The lowest BCUT2D eigenvalue weighted by Gasteiger charge is -2.12. The highest BCUT2D eigenvalue weighted by molar-refractivity contribution is 5.92. The summed E-state index contributed by atoms with van der Waals surface area (Å²) in [6.45, 7) is 6.00. The minimum Gasteiger partial charge on any atom is -0.478 e. The first-order valence-electron chi connectivity index (χ1n) is 6.76. The molecule has 0 spiro atoms. The van der Waals surface area contributed by atoms with Crippen LogP contribution in [0.1, 0.15) is 38.3 Å². The predicted octanol–water partition coefficient (Wildman–Crippen LogP) is 3.33. The van der Waals surface area contributed by atoms with E-state index < -0.39 is 5.97 Å². The number of nitrogens with one attached hydrogen (secondary N) is 1. The molecule has 4 heteroatoms. The molecule has 0 aliphatic carbocycles. The third kappa shape index (κ3) is 5.26. The number of rotatable bonds is 6. The van der Waals surface area contributed by atoms with Gasteiger partial charge in [-0.15, -0.1) is 0 Å². The molecular weight excluding hydrogens is 254 g/mol. The fraction of sp³-hybridized carbons (Fsp3) is 0.375. The lowest BCUT2D eigenvalue weighted by Crippen LogP contribution is -2.15. The van der Waals surface area contributed by atoms with E-state index in [1.54, 1.807) is 12.1 Å². The summed E-state index contributed by atoms with van der Waals surface area (Å²) in [4.78, 5) is 22.3. The van der Waals surface area contributed by atoms with Gasteiger partial charge >= 0.3 is 5.97 Å². The van der Waals surface area contributed by atoms with Gasteiger partial charge in [-0.05, 0) is 41.7 Å². The van der Waals surface area contributed by atoms with Crippen molar-refractivity contribution in [2.75, 3.05) is 5.32 Å². The van der Waals surface area contributed by atoms with Gasteiger partial charge in [-0.25, -0.2) is 4.79 Å². The first kappa shape index (κ1) is 16.0. The molecule has 0 aliphatic rings. The summed E-state index contributed by atoms with van der Waals surface area (Å²) < 4.78 is 0. The van der Waals surface area contributed by atoms with Crippen LogP contribution in [-0.4, -0.2) is 17.0 Å². The van der Waals surface area contributed by atoms with E-state index in [0.717, 1.165) is 29.3 Å². The molecule has 1 rings (SSSR count). The van der Waals surface area contributed by atoms with Crippen LogP contribution >= 0.6 is 0 Å². The second-order valence-corrected chi connectivity index (χ2v) is 5.09. The van der Waals surface area contributed by atoms with Gasteiger partial charge < -0.3 is 10.4 Å². The monoisotopic (exact) mass is 275 g/mol. The molecule has 4 nitrogen and oxygen atoms in total. The van der Waals surface area contributed by atoms with E-state index in [2.05, 4.69) is 5.32 Å². The van der Waals surface area contributed by atoms with Crippen LogP contribution in [-0.2, 0) is 16.0 Å². The van der Waals surface area contributed by atoms with Gasteiger partial charge in [0, 0.05) is 18.2 Å². The Morgan fingerprint density at radius 3 is 2.60 bits per heavy atom. The Morgan fingerprint density at radius 2 is 2.05 bits per heavy atom. The molecule has 20 heavy (non-hydrogen) atoms. The SMILES string of the molecule is CCc1cc(/C=C/C(=O)O)ccc1NC(=O)CC(C)C. The average molecular weight is 275 g/mol. The van der Waals surface area contributed by atoms with Crippen molar-refractivity contribution in [1.29, 1.82) is 0 Å². The number of carboxylic acid groups (broad SMARTS) is 1. The number of anilines is 1. The van der Waals surface area contributed by atoms with Crippen LogP contribution in [0.15, 0.2) is 24.3 Å². The van der Waals surface area contributed by atoms with Gasteiger partial charge in [-0.2, -0.15) is 0 Å². The second-order valence-electron chi connectivity index (χ2n) is 5.09. The second kappa shape index (κ2) is 7.48. The summed E-state index contributed by atoms with van der Waals surface area (Å²) in [5, 5.41) is 11.5. The number of aliphatic carboxylic acids is 1. The maximum absolute atomic E-state index is 11.8. The predicted molar refractivity (Wildman–Crippen MR) is 80.6 cm³/mol. The van der Waals surface area contributed by atoms with Crippen molar-refractivity contribution in [2.24, 2.45) is 5.92 Å². The number of amides is 1. The zero-order chi connectivity index (χ0) is 15.1. The maximum atomic E-state index is 11.8. The molecule has 0 fully saturated rings. The largest absolute Gasteiger partial charge is 0.478 e. The van der Waals surface area contributed by atoms with Crippen LogP contribution in [0.25, 0.3) is 6.08 Å². The minimum atomic E-state index is -0.975. The van der Waals surface area contributed by atoms with Crippen molar-refractivity contribution >= 4 is 23.6 Å². The van der Waals surface area contributed by atoms with Crippen LogP contribution in [0.4, 0.5) is 5.69 Å². The zero-order valence-electron chi connectivity index (χ0n) is 12.1. The van der Waals surface area contributed by atoms with Crippen LogP contribution in [0.5, 0.6) is 0 Å². The van der Waals surface area contributed by atoms with Crippen molar-refractivity contribution in [3.05, 3.63) is 35.4 Å². The van der Waals surface area contributed by atoms with E-state index in [9.17, 15) is 9.59 Å². The van der Waals surface area contributed by atoms with Gasteiger partial charge in [0.1, 0.15) is 0 Å². The lowest BCUT2D eigenvalue weighted by molar-refractivity contribution is -0.131. The van der Waals surface area contributed by atoms with E-state index in [0.29, 0.717) is 12.3 Å². The van der Waals surface area contributed by atoms with E-state index in [-0.39, 0.29) is 5.91 Å². The number of aryl methyl sites for hydroxylation is 1. The standard InChI is InChI=1S/C16H21NO3/c1-4-13-10-12(6-8-16(19)20)5-7-14(13)17-15(18)9-11(2)3/h5-8,10-11H,4,9H2,1-3H3,(H,17,18)(H,19,20)/b8-6+. The molecule has 1 aromatic carbocycles. The molecule has 108 valence electrons. The highest BCUT2D eigenvalue weighted by Gasteiger charge is 2.08. The molecule has 0 radical (unpaired) electrons. The summed E-state index contributed by atoms with van der Waals surface area (Å²) in [5.74, 6) is -0.654. The Balaban J connectivity index is 2.88. The molecule has 0 aromatic heterocycles. The molecule has 1 amide bonds. The molecule has 0 saturated heterocycles. The number of benzene rings is 1. The van der Waals surface area contributed by atoms with Crippen molar-refractivity contribution in [1.82, 2.24) is 0 Å². The summed E-state index contributed by atoms with van der Waals surface area (Å²) >= 11 is 0.